The summed E-state index contributed by atoms with van der Waals surface area (Å²) in [5.41, 5.74) is 3.24. The van der Waals surface area contributed by atoms with Crippen LogP contribution in [0.5, 0.6) is 0 Å². The minimum Gasteiger partial charge on any atom is -0.364 e. The molecule has 0 fully saturated rings. The Labute approximate surface area is 116 Å². The van der Waals surface area contributed by atoms with Gasteiger partial charge in [-0.3, -0.25) is 0 Å². The van der Waals surface area contributed by atoms with E-state index in [9.17, 15) is 0 Å². The molecule has 1 N–H and O–H groups in total. The molecule has 96 valence electrons. The van der Waals surface area contributed by atoms with Crippen molar-refractivity contribution in [2.75, 3.05) is 5.32 Å². The molecule has 4 heteroatoms. The third-order valence-electron chi connectivity index (χ3n) is 3.02. The van der Waals surface area contributed by atoms with Crippen molar-refractivity contribution in [1.29, 1.82) is 0 Å². The van der Waals surface area contributed by atoms with Crippen molar-refractivity contribution in [1.82, 2.24) is 9.97 Å². The Morgan fingerprint density at radius 3 is 2.79 bits per heavy atom. The second kappa shape index (κ2) is 4.97. The number of benzene rings is 1. The van der Waals surface area contributed by atoms with Crippen LogP contribution in [0.1, 0.15) is 16.3 Å². The van der Waals surface area contributed by atoms with Gasteiger partial charge in [-0.15, -0.1) is 11.3 Å². The molecule has 0 spiro atoms. The highest BCUT2D eigenvalue weighted by Crippen LogP contribution is 2.20. The highest BCUT2D eigenvalue weighted by Gasteiger charge is 2.04. The first kappa shape index (κ1) is 12.1. The van der Waals surface area contributed by atoms with Gasteiger partial charge in [0.15, 0.2) is 0 Å². The van der Waals surface area contributed by atoms with Crippen molar-refractivity contribution < 1.29 is 0 Å². The predicted octanol–water partition coefficient (Wildman–Crippen LogP) is 3.92. The number of aromatic nitrogens is 2. The molecule has 0 aliphatic carbocycles. The van der Waals surface area contributed by atoms with Gasteiger partial charge in [-0.05, 0) is 31.5 Å². The van der Waals surface area contributed by atoms with Crippen LogP contribution in [0.4, 0.5) is 5.82 Å². The largest absolute Gasteiger partial charge is 0.364 e. The highest BCUT2D eigenvalue weighted by atomic mass is 32.1. The summed E-state index contributed by atoms with van der Waals surface area (Å²) in [5, 5.41) is 7.72. The summed E-state index contributed by atoms with van der Waals surface area (Å²) in [4.78, 5) is 9.11. The van der Waals surface area contributed by atoms with Crippen LogP contribution in [0.15, 0.2) is 35.7 Å². The molecule has 0 radical (unpaired) electrons. The molecule has 0 aliphatic heterocycles. The van der Waals surface area contributed by atoms with Crippen LogP contribution in [0.25, 0.3) is 10.9 Å². The van der Waals surface area contributed by atoms with Gasteiger partial charge in [-0.25, -0.2) is 9.97 Å². The van der Waals surface area contributed by atoms with Gasteiger partial charge < -0.3 is 5.32 Å². The molecule has 1 aromatic carbocycles. The van der Waals surface area contributed by atoms with Gasteiger partial charge in [0, 0.05) is 10.8 Å². The molecular formula is C15H15N3S. The van der Waals surface area contributed by atoms with Gasteiger partial charge in [-0.1, -0.05) is 18.2 Å². The maximum absolute atomic E-state index is 4.66. The first-order chi connectivity index (χ1) is 9.22. The molecule has 3 rings (SSSR count). The summed E-state index contributed by atoms with van der Waals surface area (Å²) in [7, 11) is 0. The van der Waals surface area contributed by atoms with Crippen molar-refractivity contribution in [3.05, 3.63) is 52.0 Å². The molecule has 0 amide bonds. The Morgan fingerprint density at radius 1 is 1.16 bits per heavy atom. The zero-order valence-electron chi connectivity index (χ0n) is 11.0. The maximum Gasteiger partial charge on any atom is 0.129 e. The summed E-state index contributed by atoms with van der Waals surface area (Å²) >= 11 is 1.67. The number of hydrogen-bond donors (Lipinski definition) is 1. The van der Waals surface area contributed by atoms with Gasteiger partial charge >= 0.3 is 0 Å². The quantitative estimate of drug-likeness (QED) is 0.783. The molecule has 2 heterocycles. The van der Waals surface area contributed by atoms with E-state index in [4.69, 9.17) is 0 Å². The monoisotopic (exact) mass is 269 g/mol. The normalized spacial score (nSPS) is 10.8. The maximum atomic E-state index is 4.66. The second-order valence-electron chi connectivity index (χ2n) is 4.56. The summed E-state index contributed by atoms with van der Waals surface area (Å²) < 4.78 is 0. The summed E-state index contributed by atoms with van der Waals surface area (Å²) in [6.45, 7) is 4.82. The van der Waals surface area contributed by atoms with Crippen molar-refractivity contribution in [2.24, 2.45) is 0 Å². The SMILES string of the molecule is Cc1nc(CNc2nc3ccccc3cc2C)cs1. The lowest BCUT2D eigenvalue weighted by molar-refractivity contribution is 1.04. The zero-order chi connectivity index (χ0) is 13.2. The number of hydrogen-bond acceptors (Lipinski definition) is 4. The number of aryl methyl sites for hydroxylation is 2. The number of nitrogens with one attached hydrogen (secondary N) is 1. The molecule has 3 nitrogen and oxygen atoms in total. The molecule has 0 bridgehead atoms. The van der Waals surface area contributed by atoms with Crippen molar-refractivity contribution in [2.45, 2.75) is 20.4 Å². The van der Waals surface area contributed by atoms with E-state index >= 15 is 0 Å². The van der Waals surface area contributed by atoms with Gasteiger partial charge in [-0.2, -0.15) is 0 Å². The minimum atomic E-state index is 0.719. The lowest BCUT2D eigenvalue weighted by Gasteiger charge is -2.08. The molecule has 0 aliphatic rings. The van der Waals surface area contributed by atoms with Crippen molar-refractivity contribution in [3.63, 3.8) is 0 Å². The number of rotatable bonds is 3. The van der Waals surface area contributed by atoms with E-state index in [0.29, 0.717) is 0 Å². The van der Waals surface area contributed by atoms with Gasteiger partial charge in [0.1, 0.15) is 5.82 Å². The number of fused-ring (bicyclic) bond motifs is 1. The Balaban J connectivity index is 1.86. The van der Waals surface area contributed by atoms with Crippen LogP contribution in [0, 0.1) is 13.8 Å². The molecule has 19 heavy (non-hydrogen) atoms. The Bertz CT molecular complexity index is 718. The topological polar surface area (TPSA) is 37.8 Å². The first-order valence-electron chi connectivity index (χ1n) is 6.23. The fourth-order valence-electron chi connectivity index (χ4n) is 2.06. The standard InChI is InChI=1S/C15H15N3S/c1-10-7-12-5-3-4-6-14(12)18-15(10)16-8-13-9-19-11(2)17-13/h3-7,9H,8H2,1-2H3,(H,16,18). The molecule has 2 aromatic heterocycles. The summed E-state index contributed by atoms with van der Waals surface area (Å²) in [6, 6.07) is 10.3. The smallest absolute Gasteiger partial charge is 0.129 e. The zero-order valence-corrected chi connectivity index (χ0v) is 11.8. The van der Waals surface area contributed by atoms with Crippen LogP contribution in [0.3, 0.4) is 0 Å². The Hall–Kier alpha value is -1.94. The fourth-order valence-corrected chi connectivity index (χ4v) is 2.68. The molecular weight excluding hydrogens is 254 g/mol. The van der Waals surface area contributed by atoms with Crippen LogP contribution >= 0.6 is 11.3 Å². The molecule has 3 aromatic rings. The van der Waals surface area contributed by atoms with E-state index in [0.717, 1.165) is 34.1 Å². The van der Waals surface area contributed by atoms with E-state index in [2.05, 4.69) is 39.7 Å². The predicted molar refractivity (Wildman–Crippen MR) is 80.7 cm³/mol. The van der Waals surface area contributed by atoms with Crippen LogP contribution in [-0.2, 0) is 6.54 Å². The third kappa shape index (κ3) is 2.58. The number of thiazole rings is 1. The molecule has 0 saturated carbocycles. The van der Waals surface area contributed by atoms with Gasteiger partial charge in [0.2, 0.25) is 0 Å². The third-order valence-corrected chi connectivity index (χ3v) is 3.84. The van der Waals surface area contributed by atoms with E-state index in [1.807, 2.05) is 25.1 Å². The molecule has 0 atom stereocenters. The summed E-state index contributed by atoms with van der Waals surface area (Å²) in [6.07, 6.45) is 0. The van der Waals surface area contributed by atoms with E-state index in [1.165, 1.54) is 5.39 Å². The van der Waals surface area contributed by atoms with Crippen molar-refractivity contribution in [3.8, 4) is 0 Å². The van der Waals surface area contributed by atoms with Gasteiger partial charge in [0.25, 0.3) is 0 Å². The number of anilines is 1. The lowest BCUT2D eigenvalue weighted by atomic mass is 10.1. The van der Waals surface area contributed by atoms with E-state index < -0.39 is 0 Å². The Morgan fingerprint density at radius 2 is 2.00 bits per heavy atom. The summed E-state index contributed by atoms with van der Waals surface area (Å²) in [5.74, 6) is 0.935. The Kier molecular flexibility index (Phi) is 3.17. The average Bonchev–Trinajstić information content (AvgIpc) is 2.82. The number of para-hydroxylation sites is 1. The molecule has 0 saturated heterocycles. The van der Waals surface area contributed by atoms with Crippen molar-refractivity contribution >= 4 is 28.1 Å². The number of nitrogens with zero attached hydrogens (tertiary/aromatic N) is 2. The minimum absolute atomic E-state index is 0.719. The fraction of sp³-hybridized carbons (Fsp3) is 0.200. The van der Waals surface area contributed by atoms with Crippen LogP contribution in [0.2, 0.25) is 0 Å². The first-order valence-corrected chi connectivity index (χ1v) is 7.11. The second-order valence-corrected chi connectivity index (χ2v) is 5.62. The van der Waals surface area contributed by atoms with Gasteiger partial charge in [0.05, 0.1) is 22.8 Å². The van der Waals surface area contributed by atoms with E-state index in [-0.39, 0.29) is 0 Å². The molecule has 0 unspecified atom stereocenters. The highest BCUT2D eigenvalue weighted by molar-refractivity contribution is 7.09. The van der Waals surface area contributed by atoms with E-state index in [1.54, 1.807) is 11.3 Å². The van der Waals surface area contributed by atoms with Crippen LogP contribution < -0.4 is 5.32 Å². The lowest BCUT2D eigenvalue weighted by Crippen LogP contribution is -2.03. The number of pyridine rings is 1. The van der Waals surface area contributed by atoms with Crippen LogP contribution in [-0.4, -0.2) is 9.97 Å². The average molecular weight is 269 g/mol.